The molecule has 4 aromatic rings. The Hall–Kier alpha value is -4.49. The number of hydrogen-bond acceptors (Lipinski definition) is 4. The first-order valence-corrected chi connectivity index (χ1v) is 14.5. The second kappa shape index (κ2) is 9.61. The lowest BCUT2D eigenvalue weighted by atomic mass is 9.75. The van der Waals surface area contributed by atoms with Gasteiger partial charge in [-0.1, -0.05) is 96.1 Å². The van der Waals surface area contributed by atoms with Crippen LogP contribution in [-0.4, -0.2) is 24.5 Å². The molecule has 0 bridgehead atoms. The summed E-state index contributed by atoms with van der Waals surface area (Å²) in [5.41, 5.74) is 3.63. The molecule has 4 aromatic carbocycles. The monoisotopic (exact) mass is 548 g/mol. The number of nitrogens with zero attached hydrogens (tertiary/aromatic N) is 2. The van der Waals surface area contributed by atoms with Crippen molar-refractivity contribution in [2.24, 2.45) is 0 Å². The quantitative estimate of drug-likeness (QED) is 0.318. The van der Waals surface area contributed by atoms with E-state index in [9.17, 15) is 18.0 Å². The third-order valence-corrected chi connectivity index (χ3v) is 9.37. The zero-order valence-electron chi connectivity index (χ0n) is 22.2. The predicted octanol–water partition coefficient (Wildman–Crippen LogP) is 5.75. The van der Waals surface area contributed by atoms with Crippen LogP contribution in [-0.2, 0) is 31.6 Å². The van der Waals surface area contributed by atoms with Gasteiger partial charge in [0.2, 0.25) is 11.8 Å². The number of benzene rings is 4. The average molecular weight is 549 g/mol. The number of hydrogen-bond donors (Lipinski definition) is 0. The number of sulfonamides is 1. The van der Waals surface area contributed by atoms with Crippen molar-refractivity contribution in [2.75, 3.05) is 4.90 Å². The topological polar surface area (TPSA) is 74.8 Å². The lowest BCUT2D eigenvalue weighted by Gasteiger charge is -2.36. The Morgan fingerprint density at radius 2 is 1.40 bits per heavy atom. The summed E-state index contributed by atoms with van der Waals surface area (Å²) in [7, 11) is -4.25. The third-order valence-electron chi connectivity index (χ3n) is 7.62. The molecule has 200 valence electrons. The van der Waals surface area contributed by atoms with Crippen molar-refractivity contribution in [3.8, 4) is 0 Å². The van der Waals surface area contributed by atoms with E-state index in [4.69, 9.17) is 0 Å². The number of carbonyl (C=O) groups is 2. The van der Waals surface area contributed by atoms with E-state index in [-0.39, 0.29) is 22.9 Å². The Balaban J connectivity index is 1.56. The molecule has 2 amide bonds. The third kappa shape index (κ3) is 4.14. The van der Waals surface area contributed by atoms with E-state index in [0.29, 0.717) is 17.7 Å². The number of anilines is 1. The predicted molar refractivity (Wildman–Crippen MR) is 155 cm³/mol. The van der Waals surface area contributed by atoms with Crippen LogP contribution >= 0.6 is 0 Å². The van der Waals surface area contributed by atoms with Crippen molar-refractivity contribution in [3.63, 3.8) is 0 Å². The van der Waals surface area contributed by atoms with Crippen LogP contribution in [0.2, 0.25) is 0 Å². The van der Waals surface area contributed by atoms with Crippen LogP contribution in [0.5, 0.6) is 0 Å². The highest BCUT2D eigenvalue weighted by Gasteiger charge is 2.55. The summed E-state index contributed by atoms with van der Waals surface area (Å²) < 4.78 is 28.8. The van der Waals surface area contributed by atoms with Gasteiger partial charge in [-0.05, 0) is 54.8 Å². The summed E-state index contributed by atoms with van der Waals surface area (Å²) in [5, 5.41) is 0. The highest BCUT2D eigenvalue weighted by atomic mass is 32.2. The van der Waals surface area contributed by atoms with Gasteiger partial charge in [-0.15, -0.1) is 0 Å². The van der Waals surface area contributed by atoms with Gasteiger partial charge in [0.05, 0.1) is 23.6 Å². The van der Waals surface area contributed by atoms with E-state index in [1.807, 2.05) is 68.4 Å². The van der Waals surface area contributed by atoms with Crippen LogP contribution < -0.4 is 4.90 Å². The van der Waals surface area contributed by atoms with Gasteiger partial charge in [0.15, 0.2) is 0 Å². The SMILES string of the molecule is Cc1ccc(S(=O)(=O)N2C(=O)C[C@]3(C=C2c2ccccc2)C(=O)N(Cc2ccccc2)c2ccc(C)cc23)cc1. The molecule has 0 aliphatic carbocycles. The maximum absolute atomic E-state index is 14.4. The number of aryl methyl sites for hydroxylation is 2. The van der Waals surface area contributed by atoms with E-state index >= 15 is 0 Å². The fourth-order valence-electron chi connectivity index (χ4n) is 5.62. The van der Waals surface area contributed by atoms with Crippen LogP contribution in [0.4, 0.5) is 5.69 Å². The lowest BCUT2D eigenvalue weighted by molar-refractivity contribution is -0.131. The number of rotatable bonds is 5. The Morgan fingerprint density at radius 1 is 0.775 bits per heavy atom. The van der Waals surface area contributed by atoms with Crippen LogP contribution in [0, 0.1) is 13.8 Å². The summed E-state index contributed by atoms with van der Waals surface area (Å²) in [5.74, 6) is -0.893. The molecule has 1 spiro atoms. The highest BCUT2D eigenvalue weighted by molar-refractivity contribution is 7.90. The fraction of sp³-hybridized carbons (Fsp3) is 0.152. The minimum Gasteiger partial charge on any atom is -0.307 e. The normalized spacial score (nSPS) is 18.7. The lowest BCUT2D eigenvalue weighted by Crippen LogP contribution is -2.48. The van der Waals surface area contributed by atoms with Gasteiger partial charge < -0.3 is 4.90 Å². The molecule has 0 N–H and O–H groups in total. The molecule has 0 radical (unpaired) electrons. The Morgan fingerprint density at radius 3 is 2.08 bits per heavy atom. The van der Waals surface area contributed by atoms with Crippen molar-refractivity contribution < 1.29 is 18.0 Å². The van der Waals surface area contributed by atoms with Crippen molar-refractivity contribution in [2.45, 2.75) is 37.1 Å². The number of carbonyl (C=O) groups excluding carboxylic acids is 2. The molecule has 2 aliphatic rings. The summed E-state index contributed by atoms with van der Waals surface area (Å²) in [6.45, 7) is 4.15. The van der Waals surface area contributed by atoms with Crippen molar-refractivity contribution in [3.05, 3.63) is 137 Å². The molecule has 0 saturated carbocycles. The average Bonchev–Trinajstić information content (AvgIpc) is 3.15. The fourth-order valence-corrected chi connectivity index (χ4v) is 7.06. The summed E-state index contributed by atoms with van der Waals surface area (Å²) in [6.07, 6.45) is 1.40. The first-order valence-electron chi connectivity index (χ1n) is 13.1. The molecule has 7 heteroatoms. The molecule has 0 aromatic heterocycles. The molecule has 6 nitrogen and oxygen atoms in total. The second-order valence-electron chi connectivity index (χ2n) is 10.4. The maximum Gasteiger partial charge on any atom is 0.270 e. The standard InChI is InChI=1S/C33H28N2O4S/c1-23-13-16-27(17-14-23)40(38,39)35-30(26-11-7-4-8-12-26)20-33(21-31(35)36)28-19-24(2)15-18-29(28)34(32(33)37)22-25-9-5-3-6-10-25/h3-20H,21-22H2,1-2H3/t33-/m0/s1. The summed E-state index contributed by atoms with van der Waals surface area (Å²) in [6, 6.07) is 30.8. The first kappa shape index (κ1) is 25.8. The molecule has 0 saturated heterocycles. The van der Waals surface area contributed by atoms with Gasteiger partial charge in [-0.2, -0.15) is 0 Å². The maximum atomic E-state index is 14.4. The van der Waals surface area contributed by atoms with Gasteiger partial charge in [0, 0.05) is 5.69 Å². The Bertz CT molecular complexity index is 1760. The van der Waals surface area contributed by atoms with Crippen LogP contribution in [0.25, 0.3) is 5.70 Å². The van der Waals surface area contributed by atoms with Crippen molar-refractivity contribution in [1.82, 2.24) is 4.31 Å². The zero-order valence-corrected chi connectivity index (χ0v) is 23.1. The van der Waals surface area contributed by atoms with E-state index in [0.717, 1.165) is 26.7 Å². The largest absolute Gasteiger partial charge is 0.307 e. The smallest absolute Gasteiger partial charge is 0.270 e. The number of fused-ring (bicyclic) bond motifs is 2. The van der Waals surface area contributed by atoms with Gasteiger partial charge in [0.25, 0.3) is 10.0 Å². The molecule has 40 heavy (non-hydrogen) atoms. The summed E-state index contributed by atoms with van der Waals surface area (Å²) in [4.78, 5) is 30.2. The van der Waals surface area contributed by atoms with E-state index in [2.05, 4.69) is 0 Å². The molecular weight excluding hydrogens is 520 g/mol. The van der Waals surface area contributed by atoms with Gasteiger partial charge in [-0.25, -0.2) is 12.7 Å². The highest BCUT2D eigenvalue weighted by Crippen LogP contribution is 2.51. The molecule has 2 heterocycles. The van der Waals surface area contributed by atoms with Gasteiger partial charge in [0.1, 0.15) is 5.41 Å². The molecule has 6 rings (SSSR count). The Labute approximate surface area is 234 Å². The van der Waals surface area contributed by atoms with E-state index in [1.54, 1.807) is 47.4 Å². The molecule has 1 atom stereocenters. The number of amides is 2. The zero-order chi connectivity index (χ0) is 28.1. The van der Waals surface area contributed by atoms with E-state index in [1.165, 1.54) is 12.1 Å². The summed E-state index contributed by atoms with van der Waals surface area (Å²) >= 11 is 0. The molecule has 0 unspecified atom stereocenters. The van der Waals surface area contributed by atoms with Crippen molar-refractivity contribution in [1.29, 1.82) is 0 Å². The Kier molecular flexibility index (Phi) is 6.19. The minimum absolute atomic E-state index is 0.0175. The molecular formula is C33H28N2O4S. The van der Waals surface area contributed by atoms with E-state index < -0.39 is 21.3 Å². The molecule has 2 aliphatic heterocycles. The van der Waals surface area contributed by atoms with Crippen LogP contribution in [0.15, 0.2) is 114 Å². The van der Waals surface area contributed by atoms with Crippen LogP contribution in [0.1, 0.15) is 34.2 Å². The minimum atomic E-state index is -4.25. The van der Waals surface area contributed by atoms with Gasteiger partial charge in [-0.3, -0.25) is 9.59 Å². The first-order chi connectivity index (χ1) is 19.2. The van der Waals surface area contributed by atoms with Gasteiger partial charge >= 0.3 is 0 Å². The molecule has 0 fully saturated rings. The van der Waals surface area contributed by atoms with Crippen LogP contribution in [0.3, 0.4) is 0 Å². The van der Waals surface area contributed by atoms with Crippen molar-refractivity contribution >= 4 is 33.2 Å². The second-order valence-corrected chi connectivity index (χ2v) is 12.2.